The summed E-state index contributed by atoms with van der Waals surface area (Å²) in [5.74, 6) is 0.669. The summed E-state index contributed by atoms with van der Waals surface area (Å²) in [7, 11) is 0. The molecule has 6 heteroatoms. The number of benzene rings is 1. The van der Waals surface area contributed by atoms with Crippen molar-refractivity contribution in [3.8, 4) is 17.1 Å². The maximum atomic E-state index is 11.5. The number of H-pyrrole nitrogens is 1. The van der Waals surface area contributed by atoms with E-state index in [1.165, 1.54) is 6.07 Å². The highest BCUT2D eigenvalue weighted by atomic mass is 16.5. The molecule has 0 unspecified atom stereocenters. The number of nitrogens with zero attached hydrogens (tertiary/aromatic N) is 2. The minimum atomic E-state index is -0.292. The van der Waals surface area contributed by atoms with Crippen molar-refractivity contribution in [1.29, 1.82) is 0 Å². The Labute approximate surface area is 139 Å². The Morgan fingerprint density at radius 2 is 2.00 bits per heavy atom. The number of nitrogen functional groups attached to an aromatic ring is 1. The second-order valence-electron chi connectivity index (χ2n) is 5.33. The van der Waals surface area contributed by atoms with Crippen LogP contribution in [-0.2, 0) is 13.0 Å². The third kappa shape index (κ3) is 3.60. The highest BCUT2D eigenvalue weighted by molar-refractivity contribution is 5.60. The molecule has 24 heavy (non-hydrogen) atoms. The van der Waals surface area contributed by atoms with Crippen molar-refractivity contribution in [1.82, 2.24) is 15.0 Å². The number of nitrogens with two attached hydrogens (primary N) is 1. The van der Waals surface area contributed by atoms with Gasteiger partial charge in [0.15, 0.2) is 0 Å². The van der Waals surface area contributed by atoms with Gasteiger partial charge in [0, 0.05) is 23.4 Å². The van der Waals surface area contributed by atoms with Crippen LogP contribution in [0.2, 0.25) is 0 Å². The van der Waals surface area contributed by atoms with Gasteiger partial charge in [-0.2, -0.15) is 0 Å². The molecule has 0 saturated heterocycles. The molecule has 0 amide bonds. The topological polar surface area (TPSA) is 93.9 Å². The molecule has 2 heterocycles. The Morgan fingerprint density at radius 3 is 2.71 bits per heavy atom. The summed E-state index contributed by atoms with van der Waals surface area (Å²) >= 11 is 0. The molecular formula is C18H18N4O2. The van der Waals surface area contributed by atoms with Crippen molar-refractivity contribution < 1.29 is 4.74 Å². The van der Waals surface area contributed by atoms with E-state index in [0.29, 0.717) is 18.2 Å². The minimum Gasteiger partial charge on any atom is -0.473 e. The van der Waals surface area contributed by atoms with Gasteiger partial charge in [0.1, 0.15) is 6.61 Å². The number of pyridine rings is 1. The Morgan fingerprint density at radius 1 is 1.21 bits per heavy atom. The van der Waals surface area contributed by atoms with E-state index in [1.54, 1.807) is 6.20 Å². The molecule has 122 valence electrons. The lowest BCUT2D eigenvalue weighted by Gasteiger charge is -2.11. The number of aromatic amines is 1. The van der Waals surface area contributed by atoms with Gasteiger partial charge in [-0.1, -0.05) is 37.3 Å². The average Bonchev–Trinajstić information content (AvgIpc) is 2.60. The van der Waals surface area contributed by atoms with Crippen LogP contribution >= 0.6 is 0 Å². The quantitative estimate of drug-likeness (QED) is 0.753. The Hall–Kier alpha value is -3.15. The summed E-state index contributed by atoms with van der Waals surface area (Å²) in [5, 5.41) is 0. The lowest BCUT2D eigenvalue weighted by molar-refractivity contribution is 0.291. The first kappa shape index (κ1) is 15.7. The molecule has 3 aromatic rings. The van der Waals surface area contributed by atoms with Crippen molar-refractivity contribution in [2.24, 2.45) is 0 Å². The number of ether oxygens (including phenoxy) is 1. The van der Waals surface area contributed by atoms with Crippen molar-refractivity contribution in [3.63, 3.8) is 0 Å². The number of rotatable bonds is 5. The van der Waals surface area contributed by atoms with Crippen LogP contribution in [0.5, 0.6) is 5.88 Å². The molecule has 1 aromatic carbocycles. The van der Waals surface area contributed by atoms with Crippen LogP contribution in [0, 0.1) is 0 Å². The zero-order chi connectivity index (χ0) is 16.9. The summed E-state index contributed by atoms with van der Waals surface area (Å²) in [6.45, 7) is 2.48. The maximum absolute atomic E-state index is 11.5. The standard InChI is InChI=1S/C18H18N4O2/c1-2-13-8-14(15-9-16(23)22-18(19)21-15)10-20-17(13)24-11-12-6-4-3-5-7-12/h3-10H,2,11H2,1H3,(H3,19,21,22,23). The number of anilines is 1. The summed E-state index contributed by atoms with van der Waals surface area (Å²) in [4.78, 5) is 22.5. The zero-order valence-corrected chi connectivity index (χ0v) is 13.3. The molecule has 0 atom stereocenters. The van der Waals surface area contributed by atoms with E-state index in [-0.39, 0.29) is 11.5 Å². The number of hydrogen-bond donors (Lipinski definition) is 2. The van der Waals surface area contributed by atoms with Crippen molar-refractivity contribution >= 4 is 5.95 Å². The zero-order valence-electron chi connectivity index (χ0n) is 13.3. The van der Waals surface area contributed by atoms with E-state index in [9.17, 15) is 4.79 Å². The van der Waals surface area contributed by atoms with Gasteiger partial charge < -0.3 is 10.5 Å². The van der Waals surface area contributed by atoms with Gasteiger partial charge >= 0.3 is 0 Å². The first-order chi connectivity index (χ1) is 11.7. The van der Waals surface area contributed by atoms with Gasteiger partial charge in [-0.15, -0.1) is 0 Å². The largest absolute Gasteiger partial charge is 0.473 e. The lowest BCUT2D eigenvalue weighted by atomic mass is 10.1. The molecule has 0 saturated carbocycles. The Kier molecular flexibility index (Phi) is 4.56. The Bertz CT molecular complexity index is 891. The van der Waals surface area contributed by atoms with Crippen LogP contribution in [0.15, 0.2) is 53.5 Å². The number of aromatic nitrogens is 3. The minimum absolute atomic E-state index is 0.0833. The fraction of sp³-hybridized carbons (Fsp3) is 0.167. The molecule has 6 nitrogen and oxygen atoms in total. The molecule has 0 radical (unpaired) electrons. The average molecular weight is 322 g/mol. The van der Waals surface area contributed by atoms with E-state index in [2.05, 4.69) is 15.0 Å². The van der Waals surface area contributed by atoms with Crippen LogP contribution in [0.1, 0.15) is 18.1 Å². The Balaban J connectivity index is 1.86. The molecule has 3 N–H and O–H groups in total. The molecule has 0 aliphatic heterocycles. The summed E-state index contributed by atoms with van der Waals surface area (Å²) < 4.78 is 5.83. The smallest absolute Gasteiger partial charge is 0.252 e. The molecular weight excluding hydrogens is 304 g/mol. The van der Waals surface area contributed by atoms with E-state index < -0.39 is 0 Å². The van der Waals surface area contributed by atoms with Crippen LogP contribution in [0.3, 0.4) is 0 Å². The normalized spacial score (nSPS) is 10.5. The molecule has 3 rings (SSSR count). The highest BCUT2D eigenvalue weighted by Crippen LogP contribution is 2.24. The monoisotopic (exact) mass is 322 g/mol. The number of aryl methyl sites for hydroxylation is 1. The fourth-order valence-electron chi connectivity index (χ4n) is 2.37. The van der Waals surface area contributed by atoms with Crippen LogP contribution in [0.4, 0.5) is 5.95 Å². The summed E-state index contributed by atoms with van der Waals surface area (Å²) in [5.41, 5.74) is 8.56. The predicted octanol–water partition coefficient (Wildman–Crippen LogP) is 2.56. The van der Waals surface area contributed by atoms with E-state index in [4.69, 9.17) is 10.5 Å². The first-order valence-corrected chi connectivity index (χ1v) is 7.68. The third-order valence-corrected chi connectivity index (χ3v) is 3.58. The lowest BCUT2D eigenvalue weighted by Crippen LogP contribution is -2.10. The van der Waals surface area contributed by atoms with Gasteiger partial charge in [-0.3, -0.25) is 9.78 Å². The van der Waals surface area contributed by atoms with Crippen LogP contribution < -0.4 is 16.0 Å². The first-order valence-electron chi connectivity index (χ1n) is 7.68. The van der Waals surface area contributed by atoms with Gasteiger partial charge in [-0.05, 0) is 18.1 Å². The SMILES string of the molecule is CCc1cc(-c2cc(=O)[nH]c(N)n2)cnc1OCc1ccccc1. The number of hydrogen-bond acceptors (Lipinski definition) is 5. The van der Waals surface area contributed by atoms with E-state index in [1.807, 2.05) is 43.3 Å². The fourth-order valence-corrected chi connectivity index (χ4v) is 2.37. The van der Waals surface area contributed by atoms with E-state index in [0.717, 1.165) is 23.1 Å². The summed E-state index contributed by atoms with van der Waals surface area (Å²) in [6.07, 6.45) is 2.39. The van der Waals surface area contributed by atoms with Crippen molar-refractivity contribution in [2.75, 3.05) is 5.73 Å². The van der Waals surface area contributed by atoms with Crippen molar-refractivity contribution in [3.05, 3.63) is 70.1 Å². The van der Waals surface area contributed by atoms with E-state index >= 15 is 0 Å². The molecule has 0 aliphatic rings. The van der Waals surface area contributed by atoms with Crippen LogP contribution in [-0.4, -0.2) is 15.0 Å². The molecule has 2 aromatic heterocycles. The molecule has 0 bridgehead atoms. The second-order valence-corrected chi connectivity index (χ2v) is 5.33. The third-order valence-electron chi connectivity index (χ3n) is 3.58. The maximum Gasteiger partial charge on any atom is 0.252 e. The molecule has 0 spiro atoms. The van der Waals surface area contributed by atoms with Crippen molar-refractivity contribution in [2.45, 2.75) is 20.0 Å². The van der Waals surface area contributed by atoms with Crippen LogP contribution in [0.25, 0.3) is 11.3 Å². The molecule has 0 fully saturated rings. The highest BCUT2D eigenvalue weighted by Gasteiger charge is 2.09. The number of nitrogens with one attached hydrogen (secondary N) is 1. The predicted molar refractivity (Wildman–Crippen MR) is 92.7 cm³/mol. The second kappa shape index (κ2) is 6.95. The summed E-state index contributed by atoms with van der Waals surface area (Å²) in [6, 6.07) is 13.2. The van der Waals surface area contributed by atoms with Gasteiger partial charge in [0.05, 0.1) is 5.69 Å². The molecule has 0 aliphatic carbocycles. The van der Waals surface area contributed by atoms with Gasteiger partial charge in [0.2, 0.25) is 11.8 Å². The van der Waals surface area contributed by atoms with Gasteiger partial charge in [0.25, 0.3) is 5.56 Å². The van der Waals surface area contributed by atoms with Gasteiger partial charge in [-0.25, -0.2) is 9.97 Å².